The Morgan fingerprint density at radius 1 is 1.14 bits per heavy atom. The summed E-state index contributed by atoms with van der Waals surface area (Å²) in [4.78, 5) is 17.3. The zero-order valence-electron chi connectivity index (χ0n) is 15.9. The standard InChI is InChI=1S/C21H23Cl2N3O3/c22-14-12-16(19(27)17(23)13-14)20-24-18-5-2-1-4-15(18)21(28)26(20)7-3-6-25-8-10-29-11-9-25/h1-2,4-5,12-13,20,24,27H,3,6-11H2. The molecule has 2 heterocycles. The van der Waals surface area contributed by atoms with E-state index in [1.165, 1.54) is 6.07 Å². The van der Waals surface area contributed by atoms with Gasteiger partial charge in [-0.2, -0.15) is 0 Å². The van der Waals surface area contributed by atoms with Crippen molar-refractivity contribution in [2.24, 2.45) is 0 Å². The van der Waals surface area contributed by atoms with Crippen molar-refractivity contribution in [2.75, 3.05) is 44.7 Å². The van der Waals surface area contributed by atoms with Crippen molar-refractivity contribution < 1.29 is 14.6 Å². The number of morpholine rings is 1. The van der Waals surface area contributed by atoms with Crippen molar-refractivity contribution in [1.29, 1.82) is 0 Å². The van der Waals surface area contributed by atoms with E-state index in [1.54, 1.807) is 17.0 Å². The van der Waals surface area contributed by atoms with Gasteiger partial charge in [0, 0.05) is 42.5 Å². The summed E-state index contributed by atoms with van der Waals surface area (Å²) >= 11 is 12.3. The van der Waals surface area contributed by atoms with Gasteiger partial charge in [0.2, 0.25) is 0 Å². The number of halogens is 2. The van der Waals surface area contributed by atoms with Crippen LogP contribution in [0.3, 0.4) is 0 Å². The first-order chi connectivity index (χ1) is 14.0. The summed E-state index contributed by atoms with van der Waals surface area (Å²) in [7, 11) is 0. The third kappa shape index (κ3) is 4.31. The number of ether oxygens (including phenoxy) is 1. The van der Waals surface area contributed by atoms with E-state index < -0.39 is 6.17 Å². The predicted octanol–water partition coefficient (Wildman–Crippen LogP) is 3.99. The molecule has 1 atom stereocenters. The van der Waals surface area contributed by atoms with Gasteiger partial charge in [0.05, 0.1) is 23.8 Å². The molecule has 154 valence electrons. The third-order valence-electron chi connectivity index (χ3n) is 5.35. The number of hydrogen-bond donors (Lipinski definition) is 2. The van der Waals surface area contributed by atoms with Gasteiger partial charge in [-0.05, 0) is 30.7 Å². The van der Waals surface area contributed by atoms with Gasteiger partial charge in [0.15, 0.2) is 0 Å². The molecule has 2 N–H and O–H groups in total. The lowest BCUT2D eigenvalue weighted by atomic mass is 10.0. The van der Waals surface area contributed by atoms with E-state index in [4.69, 9.17) is 27.9 Å². The lowest BCUT2D eigenvalue weighted by Gasteiger charge is -2.39. The zero-order chi connectivity index (χ0) is 20.4. The van der Waals surface area contributed by atoms with E-state index in [2.05, 4.69) is 10.2 Å². The molecule has 0 spiro atoms. The molecule has 2 aromatic rings. The summed E-state index contributed by atoms with van der Waals surface area (Å²) in [6.45, 7) is 4.71. The smallest absolute Gasteiger partial charge is 0.257 e. The zero-order valence-corrected chi connectivity index (χ0v) is 17.4. The van der Waals surface area contributed by atoms with Crippen LogP contribution in [0.4, 0.5) is 5.69 Å². The number of anilines is 1. The second kappa shape index (κ2) is 8.79. The second-order valence-electron chi connectivity index (χ2n) is 7.22. The van der Waals surface area contributed by atoms with Crippen LogP contribution in [0.2, 0.25) is 10.0 Å². The summed E-state index contributed by atoms with van der Waals surface area (Å²) in [5.41, 5.74) is 1.82. The lowest BCUT2D eigenvalue weighted by molar-refractivity contribution is 0.0348. The number of aromatic hydroxyl groups is 1. The quantitative estimate of drug-likeness (QED) is 0.742. The van der Waals surface area contributed by atoms with Gasteiger partial charge in [-0.15, -0.1) is 0 Å². The number of fused-ring (bicyclic) bond motifs is 1. The Bertz CT molecular complexity index is 903. The number of benzene rings is 2. The fourth-order valence-corrected chi connectivity index (χ4v) is 4.36. The SMILES string of the molecule is O=C1c2ccccc2NC(c2cc(Cl)cc(Cl)c2O)N1CCCN1CCOCC1. The van der Waals surface area contributed by atoms with E-state index >= 15 is 0 Å². The van der Waals surface area contributed by atoms with E-state index in [-0.39, 0.29) is 16.7 Å². The molecule has 29 heavy (non-hydrogen) atoms. The van der Waals surface area contributed by atoms with E-state index in [0.717, 1.165) is 45.0 Å². The third-order valence-corrected chi connectivity index (χ3v) is 5.86. The van der Waals surface area contributed by atoms with Crippen LogP contribution in [0.5, 0.6) is 5.75 Å². The summed E-state index contributed by atoms with van der Waals surface area (Å²) < 4.78 is 5.39. The number of rotatable bonds is 5. The molecule has 8 heteroatoms. The first-order valence-corrected chi connectivity index (χ1v) is 10.4. The average Bonchev–Trinajstić information content (AvgIpc) is 2.73. The highest BCUT2D eigenvalue weighted by Gasteiger charge is 2.34. The topological polar surface area (TPSA) is 65.0 Å². The Morgan fingerprint density at radius 2 is 1.90 bits per heavy atom. The Hall–Kier alpha value is -1.99. The van der Waals surface area contributed by atoms with Crippen molar-refractivity contribution >= 4 is 34.8 Å². The first kappa shape index (κ1) is 20.3. The van der Waals surface area contributed by atoms with Crippen molar-refractivity contribution in [1.82, 2.24) is 9.80 Å². The first-order valence-electron chi connectivity index (χ1n) is 9.69. The molecular formula is C21H23Cl2N3O3. The van der Waals surface area contributed by atoms with Gasteiger partial charge < -0.3 is 20.1 Å². The van der Waals surface area contributed by atoms with Crippen molar-refractivity contribution in [3.8, 4) is 5.75 Å². The van der Waals surface area contributed by atoms with E-state index in [0.29, 0.717) is 22.7 Å². The van der Waals surface area contributed by atoms with Crippen LogP contribution in [-0.4, -0.2) is 60.2 Å². The number of carbonyl (C=O) groups excluding carboxylic acids is 1. The second-order valence-corrected chi connectivity index (χ2v) is 8.07. The molecule has 4 rings (SSSR count). The highest BCUT2D eigenvalue weighted by Crippen LogP contribution is 2.40. The monoisotopic (exact) mass is 435 g/mol. The van der Waals surface area contributed by atoms with Crippen LogP contribution >= 0.6 is 23.2 Å². The fraction of sp³-hybridized carbons (Fsp3) is 0.381. The maximum absolute atomic E-state index is 13.3. The summed E-state index contributed by atoms with van der Waals surface area (Å²) in [6.07, 6.45) is 0.250. The number of phenolic OH excluding ortho intramolecular Hbond substituents is 1. The maximum atomic E-state index is 13.3. The van der Waals surface area contributed by atoms with Gasteiger partial charge in [0.1, 0.15) is 11.9 Å². The highest BCUT2D eigenvalue weighted by molar-refractivity contribution is 6.35. The number of para-hydroxylation sites is 1. The van der Waals surface area contributed by atoms with Gasteiger partial charge in [-0.3, -0.25) is 9.69 Å². The number of phenols is 1. The van der Waals surface area contributed by atoms with Crippen LogP contribution in [0.15, 0.2) is 36.4 Å². The Balaban J connectivity index is 1.61. The summed E-state index contributed by atoms with van der Waals surface area (Å²) in [5, 5.41) is 14.5. The molecule has 0 bridgehead atoms. The summed E-state index contributed by atoms with van der Waals surface area (Å²) in [6, 6.07) is 10.5. The molecule has 1 saturated heterocycles. The minimum Gasteiger partial charge on any atom is -0.506 e. The normalized spacial score (nSPS) is 19.7. The van der Waals surface area contributed by atoms with Crippen molar-refractivity contribution in [2.45, 2.75) is 12.6 Å². The molecule has 1 fully saturated rings. The number of carbonyl (C=O) groups is 1. The van der Waals surface area contributed by atoms with Gasteiger partial charge in [-0.1, -0.05) is 35.3 Å². The van der Waals surface area contributed by atoms with Crippen LogP contribution in [0, 0.1) is 0 Å². The Kier molecular flexibility index (Phi) is 6.15. The van der Waals surface area contributed by atoms with Gasteiger partial charge in [-0.25, -0.2) is 0 Å². The number of hydrogen-bond acceptors (Lipinski definition) is 5. The largest absolute Gasteiger partial charge is 0.506 e. The number of nitrogens with one attached hydrogen (secondary N) is 1. The molecule has 2 aromatic carbocycles. The van der Waals surface area contributed by atoms with Gasteiger partial charge >= 0.3 is 0 Å². The lowest BCUT2D eigenvalue weighted by Crippen LogP contribution is -2.44. The fourth-order valence-electron chi connectivity index (χ4n) is 3.85. The van der Waals surface area contributed by atoms with Crippen LogP contribution in [0.25, 0.3) is 0 Å². The molecule has 0 saturated carbocycles. The van der Waals surface area contributed by atoms with E-state index in [1.807, 2.05) is 18.2 Å². The minimum absolute atomic E-state index is 0.0704. The Morgan fingerprint density at radius 3 is 2.69 bits per heavy atom. The minimum atomic E-state index is -0.557. The number of nitrogens with zero attached hydrogens (tertiary/aromatic N) is 2. The average molecular weight is 436 g/mol. The summed E-state index contributed by atoms with van der Waals surface area (Å²) in [5.74, 6) is -0.152. The van der Waals surface area contributed by atoms with Crippen LogP contribution in [0.1, 0.15) is 28.5 Å². The predicted molar refractivity (Wildman–Crippen MR) is 114 cm³/mol. The molecule has 6 nitrogen and oxygen atoms in total. The molecule has 1 unspecified atom stereocenters. The van der Waals surface area contributed by atoms with Crippen LogP contribution < -0.4 is 5.32 Å². The maximum Gasteiger partial charge on any atom is 0.257 e. The molecule has 2 aliphatic heterocycles. The molecular weight excluding hydrogens is 413 g/mol. The van der Waals surface area contributed by atoms with E-state index in [9.17, 15) is 9.90 Å². The molecule has 1 amide bonds. The van der Waals surface area contributed by atoms with Crippen molar-refractivity contribution in [3.63, 3.8) is 0 Å². The molecule has 0 radical (unpaired) electrons. The van der Waals surface area contributed by atoms with Gasteiger partial charge in [0.25, 0.3) is 5.91 Å². The molecule has 2 aliphatic rings. The molecule has 0 aliphatic carbocycles. The molecule has 0 aromatic heterocycles. The highest BCUT2D eigenvalue weighted by atomic mass is 35.5. The number of amides is 1. The van der Waals surface area contributed by atoms with Crippen molar-refractivity contribution in [3.05, 3.63) is 57.6 Å². The Labute approximate surface area is 180 Å². The van der Waals surface area contributed by atoms with Crippen LogP contribution in [-0.2, 0) is 4.74 Å².